The number of amides is 1. The lowest BCUT2D eigenvalue weighted by molar-refractivity contribution is -0.123. The molecule has 0 fully saturated rings. The standard InChI is InChI=1S/C20H23BrN2O3/c1-3-7-15-10-11-19(17(21)12-15)26-14-20(24)23-22-13-16-8-5-6-9-18(16)25-4-2/h5-6,8-13H,3-4,7,14H2,1-2H3,(H,23,24)/b22-13+. The molecule has 0 heterocycles. The Labute approximate surface area is 162 Å². The van der Waals surface area contributed by atoms with E-state index in [0.717, 1.165) is 28.6 Å². The number of carbonyl (C=O) groups excluding carboxylic acids is 1. The molecule has 0 saturated carbocycles. The molecule has 0 aliphatic heterocycles. The first-order valence-corrected chi connectivity index (χ1v) is 9.38. The molecule has 2 aromatic carbocycles. The quantitative estimate of drug-likeness (QED) is 0.486. The van der Waals surface area contributed by atoms with E-state index in [2.05, 4.69) is 33.4 Å². The summed E-state index contributed by atoms with van der Waals surface area (Å²) in [4.78, 5) is 11.9. The highest BCUT2D eigenvalue weighted by Gasteiger charge is 2.06. The van der Waals surface area contributed by atoms with Gasteiger partial charge in [0.2, 0.25) is 0 Å². The first kappa shape index (κ1) is 20.0. The van der Waals surface area contributed by atoms with Gasteiger partial charge in [-0.2, -0.15) is 5.10 Å². The van der Waals surface area contributed by atoms with Crippen molar-refractivity contribution < 1.29 is 14.3 Å². The molecule has 1 amide bonds. The Hall–Kier alpha value is -2.34. The first-order chi connectivity index (χ1) is 12.6. The van der Waals surface area contributed by atoms with Gasteiger partial charge in [0.25, 0.3) is 5.91 Å². The SMILES string of the molecule is CCCc1ccc(OCC(=O)N/N=C/c2ccccc2OCC)c(Br)c1. The van der Waals surface area contributed by atoms with Crippen molar-refractivity contribution in [2.75, 3.05) is 13.2 Å². The van der Waals surface area contributed by atoms with Crippen molar-refractivity contribution in [1.29, 1.82) is 0 Å². The van der Waals surface area contributed by atoms with Crippen LogP contribution in [0, 0.1) is 0 Å². The van der Waals surface area contributed by atoms with E-state index >= 15 is 0 Å². The number of halogens is 1. The maximum Gasteiger partial charge on any atom is 0.277 e. The fraction of sp³-hybridized carbons (Fsp3) is 0.300. The second-order valence-electron chi connectivity index (χ2n) is 5.57. The van der Waals surface area contributed by atoms with Gasteiger partial charge in [-0.25, -0.2) is 5.43 Å². The van der Waals surface area contributed by atoms with E-state index in [9.17, 15) is 4.79 Å². The normalized spacial score (nSPS) is 10.7. The van der Waals surface area contributed by atoms with Gasteiger partial charge in [0.1, 0.15) is 11.5 Å². The fourth-order valence-corrected chi connectivity index (χ4v) is 2.87. The molecule has 0 aliphatic rings. The van der Waals surface area contributed by atoms with Crippen LogP contribution in [0.2, 0.25) is 0 Å². The minimum Gasteiger partial charge on any atom is -0.493 e. The summed E-state index contributed by atoms with van der Waals surface area (Å²) in [6.07, 6.45) is 3.65. The molecule has 0 saturated heterocycles. The molecule has 0 atom stereocenters. The zero-order valence-electron chi connectivity index (χ0n) is 15.0. The minimum absolute atomic E-state index is 0.115. The van der Waals surface area contributed by atoms with Crippen molar-refractivity contribution >= 4 is 28.1 Å². The topological polar surface area (TPSA) is 59.9 Å². The molecule has 6 heteroatoms. The Bertz CT molecular complexity index is 762. The molecule has 5 nitrogen and oxygen atoms in total. The third-order valence-electron chi connectivity index (χ3n) is 3.51. The fourth-order valence-electron chi connectivity index (χ4n) is 2.33. The van der Waals surface area contributed by atoms with Gasteiger partial charge in [0.05, 0.1) is 17.3 Å². The van der Waals surface area contributed by atoms with E-state index in [1.165, 1.54) is 5.56 Å². The van der Waals surface area contributed by atoms with Crippen molar-refractivity contribution in [3.05, 3.63) is 58.1 Å². The lowest BCUT2D eigenvalue weighted by atomic mass is 10.1. The van der Waals surface area contributed by atoms with Crippen LogP contribution in [0.1, 0.15) is 31.4 Å². The van der Waals surface area contributed by atoms with Gasteiger partial charge >= 0.3 is 0 Å². The number of carbonyl (C=O) groups is 1. The van der Waals surface area contributed by atoms with Gasteiger partial charge in [-0.05, 0) is 59.1 Å². The molecular weight excluding hydrogens is 396 g/mol. The van der Waals surface area contributed by atoms with Gasteiger partial charge < -0.3 is 9.47 Å². The lowest BCUT2D eigenvalue weighted by Crippen LogP contribution is -2.24. The van der Waals surface area contributed by atoms with Crippen LogP contribution < -0.4 is 14.9 Å². The van der Waals surface area contributed by atoms with Crippen LogP contribution in [-0.2, 0) is 11.2 Å². The molecule has 0 bridgehead atoms. The summed E-state index contributed by atoms with van der Waals surface area (Å²) >= 11 is 3.47. The Morgan fingerprint density at radius 3 is 2.69 bits per heavy atom. The number of nitrogens with one attached hydrogen (secondary N) is 1. The summed E-state index contributed by atoms with van der Waals surface area (Å²) < 4.78 is 11.9. The molecule has 2 aromatic rings. The molecule has 2 rings (SSSR count). The smallest absolute Gasteiger partial charge is 0.277 e. The predicted molar refractivity (Wildman–Crippen MR) is 107 cm³/mol. The van der Waals surface area contributed by atoms with Crippen LogP contribution in [0.15, 0.2) is 52.0 Å². The Morgan fingerprint density at radius 2 is 1.96 bits per heavy atom. The largest absolute Gasteiger partial charge is 0.493 e. The van der Waals surface area contributed by atoms with Crippen LogP contribution >= 0.6 is 15.9 Å². The Morgan fingerprint density at radius 1 is 1.15 bits per heavy atom. The molecular formula is C20H23BrN2O3. The number of ether oxygens (including phenoxy) is 2. The minimum atomic E-state index is -0.334. The molecule has 138 valence electrons. The van der Waals surface area contributed by atoms with Crippen molar-refractivity contribution in [3.63, 3.8) is 0 Å². The van der Waals surface area contributed by atoms with Gasteiger partial charge in [-0.1, -0.05) is 31.5 Å². The van der Waals surface area contributed by atoms with Crippen LogP contribution in [0.25, 0.3) is 0 Å². The highest BCUT2D eigenvalue weighted by molar-refractivity contribution is 9.10. The Kier molecular flexibility index (Phi) is 8.15. The molecule has 26 heavy (non-hydrogen) atoms. The zero-order chi connectivity index (χ0) is 18.8. The molecule has 0 aliphatic carbocycles. The van der Waals surface area contributed by atoms with E-state index in [0.29, 0.717) is 12.4 Å². The number of rotatable bonds is 9. The Balaban J connectivity index is 1.86. The average molecular weight is 419 g/mol. The maximum atomic E-state index is 11.9. The van der Waals surface area contributed by atoms with Gasteiger partial charge in [0.15, 0.2) is 6.61 Å². The van der Waals surface area contributed by atoms with Crippen LogP contribution in [0.4, 0.5) is 0 Å². The van der Waals surface area contributed by atoms with E-state index in [4.69, 9.17) is 9.47 Å². The molecule has 0 radical (unpaired) electrons. The maximum absolute atomic E-state index is 11.9. The lowest BCUT2D eigenvalue weighted by Gasteiger charge is -2.09. The summed E-state index contributed by atoms with van der Waals surface area (Å²) in [5.74, 6) is 1.02. The van der Waals surface area contributed by atoms with E-state index in [1.54, 1.807) is 6.21 Å². The molecule has 0 spiro atoms. The summed E-state index contributed by atoms with van der Waals surface area (Å²) in [6.45, 7) is 4.50. The highest BCUT2D eigenvalue weighted by Crippen LogP contribution is 2.26. The number of nitrogens with zero attached hydrogens (tertiary/aromatic N) is 1. The number of aryl methyl sites for hydroxylation is 1. The highest BCUT2D eigenvalue weighted by atomic mass is 79.9. The van der Waals surface area contributed by atoms with Crippen molar-refractivity contribution in [2.24, 2.45) is 5.10 Å². The number of para-hydroxylation sites is 1. The predicted octanol–water partition coefficient (Wildman–Crippen LogP) is 4.33. The molecule has 1 N–H and O–H groups in total. The zero-order valence-corrected chi connectivity index (χ0v) is 16.6. The average Bonchev–Trinajstić information content (AvgIpc) is 2.63. The summed E-state index contributed by atoms with van der Waals surface area (Å²) in [6, 6.07) is 13.4. The summed E-state index contributed by atoms with van der Waals surface area (Å²) in [7, 11) is 0. The second kappa shape index (κ2) is 10.6. The third kappa shape index (κ3) is 6.19. The van der Waals surface area contributed by atoms with Crippen LogP contribution in [-0.4, -0.2) is 25.3 Å². The van der Waals surface area contributed by atoms with Gasteiger partial charge in [0, 0.05) is 5.56 Å². The van der Waals surface area contributed by atoms with Gasteiger partial charge in [-0.15, -0.1) is 0 Å². The van der Waals surface area contributed by atoms with Gasteiger partial charge in [-0.3, -0.25) is 4.79 Å². The first-order valence-electron chi connectivity index (χ1n) is 8.59. The van der Waals surface area contributed by atoms with Crippen LogP contribution in [0.5, 0.6) is 11.5 Å². The van der Waals surface area contributed by atoms with E-state index in [-0.39, 0.29) is 12.5 Å². The van der Waals surface area contributed by atoms with Crippen molar-refractivity contribution in [1.82, 2.24) is 5.43 Å². The molecule has 0 unspecified atom stereocenters. The van der Waals surface area contributed by atoms with Crippen molar-refractivity contribution in [3.8, 4) is 11.5 Å². The summed E-state index contributed by atoms with van der Waals surface area (Å²) in [5.41, 5.74) is 4.48. The molecule has 0 aromatic heterocycles. The number of hydrogen-bond acceptors (Lipinski definition) is 4. The number of hydrazone groups is 1. The number of hydrogen-bond donors (Lipinski definition) is 1. The number of benzene rings is 2. The monoisotopic (exact) mass is 418 g/mol. The second-order valence-corrected chi connectivity index (χ2v) is 6.42. The van der Waals surface area contributed by atoms with Crippen molar-refractivity contribution in [2.45, 2.75) is 26.7 Å². The van der Waals surface area contributed by atoms with Crippen LogP contribution in [0.3, 0.4) is 0 Å². The van der Waals surface area contributed by atoms with E-state index < -0.39 is 0 Å². The van der Waals surface area contributed by atoms with E-state index in [1.807, 2.05) is 49.4 Å². The third-order valence-corrected chi connectivity index (χ3v) is 4.13. The summed E-state index contributed by atoms with van der Waals surface area (Å²) in [5, 5.41) is 3.96.